The summed E-state index contributed by atoms with van der Waals surface area (Å²) >= 11 is 0. The molecule has 0 N–H and O–H groups in total. The minimum Gasteiger partial charge on any atom is -0.496 e. The van der Waals surface area contributed by atoms with E-state index in [1.807, 2.05) is 24.3 Å². The zero-order valence-electron chi connectivity index (χ0n) is 17.3. The van der Waals surface area contributed by atoms with E-state index in [0.29, 0.717) is 0 Å². The highest BCUT2D eigenvalue weighted by Crippen LogP contribution is 2.39. The van der Waals surface area contributed by atoms with E-state index < -0.39 is 0 Å². The van der Waals surface area contributed by atoms with Crippen LogP contribution in [-0.4, -0.2) is 37.3 Å². The molecule has 0 amide bonds. The molecule has 0 fully saturated rings. The summed E-state index contributed by atoms with van der Waals surface area (Å²) in [6.07, 6.45) is 3.26. The Morgan fingerprint density at radius 1 is 0.828 bits per heavy atom. The molecule has 0 saturated heterocycles. The highest BCUT2D eigenvalue weighted by atomic mass is 16.5. The van der Waals surface area contributed by atoms with E-state index in [1.54, 1.807) is 21.3 Å². The quantitative estimate of drug-likeness (QED) is 0.618. The van der Waals surface area contributed by atoms with Crippen LogP contribution < -0.4 is 14.2 Å². The number of aromatic nitrogens is 1. The van der Waals surface area contributed by atoms with Gasteiger partial charge >= 0.3 is 0 Å². The number of fused-ring (bicyclic) bond motifs is 1. The molecule has 1 aliphatic rings. The summed E-state index contributed by atoms with van der Waals surface area (Å²) in [4.78, 5) is 2.51. The SMILES string of the molecule is COc1ccccc1[C@@H]1c2cccn2CCCN1Cc1cccc(OC)c1OC. The number of ether oxygens (including phenoxy) is 3. The smallest absolute Gasteiger partial charge is 0.165 e. The number of methoxy groups -OCH3 is 3. The van der Waals surface area contributed by atoms with Crippen LogP contribution >= 0.6 is 0 Å². The first kappa shape index (κ1) is 19.4. The van der Waals surface area contributed by atoms with Gasteiger partial charge in [-0.15, -0.1) is 0 Å². The van der Waals surface area contributed by atoms with E-state index in [0.717, 1.165) is 48.9 Å². The van der Waals surface area contributed by atoms with E-state index in [2.05, 4.69) is 46.0 Å². The van der Waals surface area contributed by atoms with E-state index in [1.165, 1.54) is 11.3 Å². The Balaban J connectivity index is 1.79. The second-order valence-electron chi connectivity index (χ2n) is 7.25. The molecule has 0 unspecified atom stereocenters. The Morgan fingerprint density at radius 3 is 2.41 bits per heavy atom. The summed E-state index contributed by atoms with van der Waals surface area (Å²) in [6, 6.07) is 18.8. The molecule has 3 aromatic rings. The maximum atomic E-state index is 5.73. The maximum absolute atomic E-state index is 5.73. The fourth-order valence-electron chi connectivity index (χ4n) is 4.36. The molecule has 0 aliphatic carbocycles. The summed E-state index contributed by atoms with van der Waals surface area (Å²) in [7, 11) is 5.12. The Labute approximate surface area is 172 Å². The number of para-hydroxylation sites is 2. The van der Waals surface area contributed by atoms with Crippen LogP contribution in [0.2, 0.25) is 0 Å². The molecule has 1 aliphatic heterocycles. The van der Waals surface area contributed by atoms with Gasteiger partial charge in [-0.2, -0.15) is 0 Å². The van der Waals surface area contributed by atoms with Gasteiger partial charge in [-0.05, 0) is 30.7 Å². The normalized spacial score (nSPS) is 16.7. The second kappa shape index (κ2) is 8.62. The van der Waals surface area contributed by atoms with Gasteiger partial charge in [0.25, 0.3) is 0 Å². The maximum Gasteiger partial charge on any atom is 0.165 e. The van der Waals surface area contributed by atoms with Crippen molar-refractivity contribution in [3.05, 3.63) is 77.6 Å². The van der Waals surface area contributed by atoms with Gasteiger partial charge in [0.15, 0.2) is 11.5 Å². The lowest BCUT2D eigenvalue weighted by atomic mass is 9.99. The summed E-state index contributed by atoms with van der Waals surface area (Å²) < 4.78 is 19.3. The molecule has 29 heavy (non-hydrogen) atoms. The molecule has 152 valence electrons. The largest absolute Gasteiger partial charge is 0.496 e. The van der Waals surface area contributed by atoms with Gasteiger partial charge in [-0.3, -0.25) is 4.90 Å². The molecular formula is C24H28N2O3. The number of nitrogens with zero attached hydrogens (tertiary/aromatic N) is 2. The molecule has 5 heteroatoms. The van der Waals surface area contributed by atoms with Crippen LogP contribution in [0.4, 0.5) is 0 Å². The van der Waals surface area contributed by atoms with Crippen LogP contribution in [0.3, 0.4) is 0 Å². The minimum atomic E-state index is 0.0968. The van der Waals surface area contributed by atoms with E-state index in [-0.39, 0.29) is 6.04 Å². The van der Waals surface area contributed by atoms with Crippen molar-refractivity contribution in [1.29, 1.82) is 0 Å². The third kappa shape index (κ3) is 3.70. The third-order valence-corrected chi connectivity index (χ3v) is 5.65. The molecule has 1 atom stereocenters. The van der Waals surface area contributed by atoms with Crippen LogP contribution in [0.15, 0.2) is 60.8 Å². The minimum absolute atomic E-state index is 0.0968. The number of benzene rings is 2. The first-order valence-electron chi connectivity index (χ1n) is 9.98. The molecule has 5 nitrogen and oxygen atoms in total. The van der Waals surface area contributed by atoms with Gasteiger partial charge in [0.1, 0.15) is 5.75 Å². The monoisotopic (exact) mass is 392 g/mol. The summed E-state index contributed by atoms with van der Waals surface area (Å²) in [5.74, 6) is 2.47. The number of hydrogen-bond donors (Lipinski definition) is 0. The molecule has 1 aromatic heterocycles. The average molecular weight is 392 g/mol. The average Bonchev–Trinajstić information content (AvgIpc) is 3.15. The molecule has 0 saturated carbocycles. The third-order valence-electron chi connectivity index (χ3n) is 5.65. The highest BCUT2D eigenvalue weighted by molar-refractivity contribution is 5.47. The molecule has 4 rings (SSSR count). The Morgan fingerprint density at radius 2 is 1.62 bits per heavy atom. The lowest BCUT2D eigenvalue weighted by Crippen LogP contribution is -2.30. The van der Waals surface area contributed by atoms with Crippen molar-refractivity contribution in [2.24, 2.45) is 0 Å². The van der Waals surface area contributed by atoms with Crippen LogP contribution in [-0.2, 0) is 13.1 Å². The van der Waals surface area contributed by atoms with Gasteiger partial charge in [0.05, 0.1) is 27.4 Å². The predicted molar refractivity (Wildman–Crippen MR) is 114 cm³/mol. The van der Waals surface area contributed by atoms with Crippen molar-refractivity contribution < 1.29 is 14.2 Å². The summed E-state index contributed by atoms with van der Waals surface area (Å²) in [5.41, 5.74) is 3.58. The number of rotatable bonds is 6. The van der Waals surface area contributed by atoms with Crippen molar-refractivity contribution in [3.8, 4) is 17.2 Å². The van der Waals surface area contributed by atoms with E-state index in [9.17, 15) is 0 Å². The van der Waals surface area contributed by atoms with Gasteiger partial charge in [0, 0.05) is 42.7 Å². The Hall–Kier alpha value is -2.92. The number of hydrogen-bond acceptors (Lipinski definition) is 4. The molecule has 2 aromatic carbocycles. The molecule has 2 heterocycles. The van der Waals surface area contributed by atoms with Gasteiger partial charge in [-0.25, -0.2) is 0 Å². The van der Waals surface area contributed by atoms with E-state index >= 15 is 0 Å². The van der Waals surface area contributed by atoms with Gasteiger partial charge < -0.3 is 18.8 Å². The molecule has 0 radical (unpaired) electrons. The van der Waals surface area contributed by atoms with Crippen LogP contribution in [0.25, 0.3) is 0 Å². The lowest BCUT2D eigenvalue weighted by Gasteiger charge is -2.32. The fraction of sp³-hybridized carbons (Fsp3) is 0.333. The summed E-state index contributed by atoms with van der Waals surface area (Å²) in [5, 5.41) is 0. The highest BCUT2D eigenvalue weighted by Gasteiger charge is 2.30. The van der Waals surface area contributed by atoms with Crippen LogP contribution in [0, 0.1) is 0 Å². The second-order valence-corrected chi connectivity index (χ2v) is 7.25. The van der Waals surface area contributed by atoms with E-state index in [4.69, 9.17) is 14.2 Å². The van der Waals surface area contributed by atoms with Crippen molar-refractivity contribution in [1.82, 2.24) is 9.47 Å². The van der Waals surface area contributed by atoms with Crippen LogP contribution in [0.5, 0.6) is 17.2 Å². The topological polar surface area (TPSA) is 35.9 Å². The van der Waals surface area contributed by atoms with Gasteiger partial charge in [-0.1, -0.05) is 30.3 Å². The number of aryl methyl sites for hydroxylation is 1. The first-order chi connectivity index (χ1) is 14.3. The lowest BCUT2D eigenvalue weighted by molar-refractivity contribution is 0.212. The standard InChI is InChI=1S/C24H28N2O3/c1-27-21-12-5-4-10-19(21)23-20-11-7-14-25(20)15-8-16-26(23)17-18-9-6-13-22(28-2)24(18)29-3/h4-7,9-14,23H,8,15-17H2,1-3H3/t23-/m1/s1. The molecular weight excluding hydrogens is 364 g/mol. The fourth-order valence-corrected chi connectivity index (χ4v) is 4.36. The summed E-state index contributed by atoms with van der Waals surface area (Å²) in [6.45, 7) is 2.75. The Bertz CT molecular complexity index is 966. The first-order valence-corrected chi connectivity index (χ1v) is 9.98. The van der Waals surface area contributed by atoms with Crippen molar-refractivity contribution in [3.63, 3.8) is 0 Å². The molecule has 0 spiro atoms. The predicted octanol–water partition coefficient (Wildman–Crippen LogP) is 4.51. The van der Waals surface area contributed by atoms with Crippen LogP contribution in [0.1, 0.15) is 29.3 Å². The zero-order chi connectivity index (χ0) is 20.2. The van der Waals surface area contributed by atoms with Gasteiger partial charge in [0.2, 0.25) is 0 Å². The van der Waals surface area contributed by atoms with Crippen molar-refractivity contribution in [2.75, 3.05) is 27.9 Å². The van der Waals surface area contributed by atoms with Crippen molar-refractivity contribution in [2.45, 2.75) is 25.6 Å². The van der Waals surface area contributed by atoms with Crippen molar-refractivity contribution >= 4 is 0 Å². The Kier molecular flexibility index (Phi) is 5.76. The molecule has 0 bridgehead atoms. The zero-order valence-corrected chi connectivity index (χ0v) is 17.3.